The highest BCUT2D eigenvalue weighted by Crippen LogP contribution is 2.33. The van der Waals surface area contributed by atoms with Gasteiger partial charge in [-0.1, -0.05) is 65.7 Å². The molecule has 0 aliphatic carbocycles. The highest BCUT2D eigenvalue weighted by molar-refractivity contribution is 6.36. The van der Waals surface area contributed by atoms with Crippen LogP contribution in [0, 0.1) is 0 Å². The number of ether oxygens (including phenoxy) is 2. The van der Waals surface area contributed by atoms with Crippen molar-refractivity contribution in [1.29, 1.82) is 0 Å². The monoisotopic (exact) mass is 540 g/mol. The van der Waals surface area contributed by atoms with Gasteiger partial charge in [-0.25, -0.2) is 0 Å². The predicted octanol–water partition coefficient (Wildman–Crippen LogP) is 5.82. The molecule has 3 aromatic carbocycles. The summed E-state index contributed by atoms with van der Waals surface area (Å²) in [7, 11) is 0. The van der Waals surface area contributed by atoms with E-state index < -0.39 is 6.04 Å². The lowest BCUT2D eigenvalue weighted by atomic mass is 10.0. The number of hydrogen-bond donors (Lipinski definition) is 1. The normalized spacial score (nSPS) is 12.9. The number of aryl methyl sites for hydroxylation is 1. The van der Waals surface area contributed by atoms with Crippen LogP contribution >= 0.6 is 23.2 Å². The second-order valence-corrected chi connectivity index (χ2v) is 10.1. The molecule has 8 heteroatoms. The molecule has 4 rings (SSSR count). The minimum Gasteiger partial charge on any atom is -0.454 e. The van der Waals surface area contributed by atoms with Gasteiger partial charge in [0.2, 0.25) is 18.6 Å². The molecule has 194 valence electrons. The summed E-state index contributed by atoms with van der Waals surface area (Å²) >= 11 is 13.0. The van der Waals surface area contributed by atoms with Crippen molar-refractivity contribution >= 4 is 35.0 Å². The van der Waals surface area contributed by atoms with Crippen molar-refractivity contribution in [3.63, 3.8) is 0 Å². The molecule has 1 aliphatic heterocycles. The number of carbonyl (C=O) groups excluding carboxylic acids is 2. The summed E-state index contributed by atoms with van der Waals surface area (Å²) < 4.78 is 10.9. The second-order valence-electron chi connectivity index (χ2n) is 9.28. The molecule has 0 saturated heterocycles. The van der Waals surface area contributed by atoms with E-state index in [2.05, 4.69) is 5.32 Å². The van der Waals surface area contributed by atoms with E-state index >= 15 is 0 Å². The minimum absolute atomic E-state index is 0.0831. The quantitative estimate of drug-likeness (QED) is 0.351. The Hall–Kier alpha value is -3.22. The molecule has 0 saturated carbocycles. The lowest BCUT2D eigenvalue weighted by molar-refractivity contribution is -0.141. The van der Waals surface area contributed by atoms with Crippen LogP contribution < -0.4 is 14.8 Å². The Morgan fingerprint density at radius 1 is 0.919 bits per heavy atom. The van der Waals surface area contributed by atoms with Crippen LogP contribution in [0.3, 0.4) is 0 Å². The predicted molar refractivity (Wildman–Crippen MR) is 145 cm³/mol. The zero-order chi connectivity index (χ0) is 26.4. The van der Waals surface area contributed by atoms with Gasteiger partial charge in [-0.05, 0) is 55.7 Å². The van der Waals surface area contributed by atoms with Crippen molar-refractivity contribution in [1.82, 2.24) is 10.2 Å². The first-order chi connectivity index (χ1) is 17.8. The number of nitrogens with zero attached hydrogens (tertiary/aromatic N) is 1. The Bertz CT molecular complexity index is 1230. The third-order valence-corrected chi connectivity index (χ3v) is 6.86. The van der Waals surface area contributed by atoms with E-state index in [1.54, 1.807) is 23.1 Å². The topological polar surface area (TPSA) is 67.9 Å². The molecule has 1 heterocycles. The maximum atomic E-state index is 13.8. The molecule has 0 bridgehead atoms. The Morgan fingerprint density at radius 3 is 2.32 bits per heavy atom. The number of carbonyl (C=O) groups is 2. The van der Waals surface area contributed by atoms with Gasteiger partial charge in [-0.2, -0.15) is 0 Å². The largest absolute Gasteiger partial charge is 0.454 e. The average Bonchev–Trinajstić information content (AvgIpc) is 3.34. The van der Waals surface area contributed by atoms with Gasteiger partial charge in [0.1, 0.15) is 6.04 Å². The number of rotatable bonds is 10. The molecule has 0 aromatic heterocycles. The van der Waals surface area contributed by atoms with Crippen LogP contribution in [0.25, 0.3) is 0 Å². The highest BCUT2D eigenvalue weighted by atomic mass is 35.5. The van der Waals surface area contributed by atoms with Crippen molar-refractivity contribution in [2.75, 3.05) is 6.79 Å². The fourth-order valence-electron chi connectivity index (χ4n) is 4.28. The van der Waals surface area contributed by atoms with Crippen LogP contribution in [-0.4, -0.2) is 35.6 Å². The smallest absolute Gasteiger partial charge is 0.243 e. The van der Waals surface area contributed by atoms with Crippen LogP contribution in [0.4, 0.5) is 0 Å². The van der Waals surface area contributed by atoms with Crippen molar-refractivity contribution in [3.05, 3.63) is 93.5 Å². The molecule has 1 aliphatic rings. The molecule has 2 amide bonds. The number of amides is 2. The van der Waals surface area contributed by atoms with Crippen molar-refractivity contribution in [2.24, 2.45) is 0 Å². The third-order valence-electron chi connectivity index (χ3n) is 6.16. The van der Waals surface area contributed by atoms with Gasteiger partial charge < -0.3 is 19.7 Å². The van der Waals surface area contributed by atoms with Crippen LogP contribution in [0.2, 0.25) is 10.0 Å². The molecule has 1 atom stereocenters. The van der Waals surface area contributed by atoms with Crippen LogP contribution in [-0.2, 0) is 29.0 Å². The number of benzene rings is 3. The Balaban J connectivity index is 1.63. The molecule has 6 nitrogen and oxygen atoms in total. The van der Waals surface area contributed by atoms with E-state index in [-0.39, 0.29) is 37.6 Å². The first kappa shape index (κ1) is 26.8. The van der Waals surface area contributed by atoms with E-state index in [0.29, 0.717) is 39.9 Å². The van der Waals surface area contributed by atoms with Gasteiger partial charge in [0.15, 0.2) is 11.5 Å². The summed E-state index contributed by atoms with van der Waals surface area (Å²) in [6, 6.07) is 19.7. The van der Waals surface area contributed by atoms with E-state index in [0.717, 1.165) is 11.1 Å². The van der Waals surface area contributed by atoms with Crippen molar-refractivity contribution < 1.29 is 19.1 Å². The van der Waals surface area contributed by atoms with Crippen LogP contribution in [0.15, 0.2) is 66.7 Å². The summed E-state index contributed by atoms with van der Waals surface area (Å²) in [6.45, 7) is 4.10. The minimum atomic E-state index is -0.749. The SMILES string of the molecule is CC(C)NC(=O)[C@@H](Cc1ccccc1)N(Cc1c(Cl)cccc1Cl)C(=O)CCc1ccc2c(c1)OCO2. The zero-order valence-electron chi connectivity index (χ0n) is 20.9. The molecule has 1 N–H and O–H groups in total. The van der Waals surface area contributed by atoms with Gasteiger partial charge in [-0.3, -0.25) is 9.59 Å². The van der Waals surface area contributed by atoms with Gasteiger partial charge in [0.25, 0.3) is 0 Å². The molecule has 0 radical (unpaired) electrons. The van der Waals surface area contributed by atoms with Gasteiger partial charge in [-0.15, -0.1) is 0 Å². The maximum Gasteiger partial charge on any atom is 0.243 e. The lowest BCUT2D eigenvalue weighted by Crippen LogP contribution is -2.51. The van der Waals surface area contributed by atoms with E-state index in [1.807, 2.05) is 62.4 Å². The van der Waals surface area contributed by atoms with Gasteiger partial charge in [0.05, 0.1) is 0 Å². The lowest BCUT2D eigenvalue weighted by Gasteiger charge is -2.32. The van der Waals surface area contributed by atoms with Crippen molar-refractivity contribution in [3.8, 4) is 11.5 Å². The number of fused-ring (bicyclic) bond motifs is 1. The fraction of sp³-hybridized carbons (Fsp3) is 0.310. The van der Waals surface area contributed by atoms with Crippen molar-refractivity contribution in [2.45, 2.75) is 51.7 Å². The molecular formula is C29H30Cl2N2O4. The van der Waals surface area contributed by atoms with Gasteiger partial charge in [0, 0.05) is 41.0 Å². The Labute approximate surface area is 227 Å². The average molecular weight is 541 g/mol. The van der Waals surface area contributed by atoms with Crippen LogP contribution in [0.1, 0.15) is 37.0 Å². The standard InChI is InChI=1S/C29H30Cl2N2O4/c1-19(2)32-29(35)25(15-20-7-4-3-5-8-20)33(17-22-23(30)9-6-10-24(22)31)28(34)14-12-21-11-13-26-27(16-21)37-18-36-26/h3-11,13,16,19,25H,12,14-15,17-18H2,1-2H3,(H,32,35)/t25-/m1/s1. The first-order valence-corrected chi connectivity index (χ1v) is 13.0. The first-order valence-electron chi connectivity index (χ1n) is 12.3. The summed E-state index contributed by atoms with van der Waals surface area (Å²) in [5, 5.41) is 3.88. The van der Waals surface area contributed by atoms with Gasteiger partial charge >= 0.3 is 0 Å². The number of hydrogen-bond acceptors (Lipinski definition) is 4. The van der Waals surface area contributed by atoms with E-state index in [9.17, 15) is 9.59 Å². The van der Waals surface area contributed by atoms with E-state index in [1.165, 1.54) is 0 Å². The molecule has 37 heavy (non-hydrogen) atoms. The fourth-order valence-corrected chi connectivity index (χ4v) is 4.80. The molecule has 0 fully saturated rings. The van der Waals surface area contributed by atoms with E-state index in [4.69, 9.17) is 32.7 Å². The number of nitrogens with one attached hydrogen (secondary N) is 1. The number of halogens is 2. The summed E-state index contributed by atoms with van der Waals surface area (Å²) in [5.74, 6) is 0.966. The molecule has 3 aromatic rings. The zero-order valence-corrected chi connectivity index (χ0v) is 22.4. The molecule has 0 unspecified atom stereocenters. The third kappa shape index (κ3) is 6.96. The van der Waals surface area contributed by atoms with Crippen LogP contribution in [0.5, 0.6) is 11.5 Å². The maximum absolute atomic E-state index is 13.8. The Kier molecular flexibility index (Phi) is 8.95. The Morgan fingerprint density at radius 2 is 1.62 bits per heavy atom. The highest BCUT2D eigenvalue weighted by Gasteiger charge is 2.31. The summed E-state index contributed by atoms with van der Waals surface area (Å²) in [6.07, 6.45) is 1.03. The molecular weight excluding hydrogens is 511 g/mol. The summed E-state index contributed by atoms with van der Waals surface area (Å²) in [5.41, 5.74) is 2.50. The summed E-state index contributed by atoms with van der Waals surface area (Å²) in [4.78, 5) is 28.9. The second kappa shape index (κ2) is 12.3. The molecule has 0 spiro atoms.